The molecule has 0 aromatic rings. The van der Waals surface area contributed by atoms with Crippen LogP contribution in [-0.4, -0.2) is 23.3 Å². The monoisotopic (exact) mass is 207 g/mol. The van der Waals surface area contributed by atoms with Gasteiger partial charge in [-0.2, -0.15) is 11.8 Å². The Kier molecular flexibility index (Phi) is 3.44. The third-order valence-corrected chi connectivity index (χ3v) is 3.89. The molecule has 0 aromatic carbocycles. The fourth-order valence-electron chi connectivity index (χ4n) is 2.05. The molecule has 1 aliphatic carbocycles. The lowest BCUT2D eigenvalue weighted by molar-refractivity contribution is -0.128. The van der Waals surface area contributed by atoms with Crippen molar-refractivity contribution in [3.05, 3.63) is 0 Å². The Labute approximate surface area is 83.1 Å². The number of halogens is 1. The number of ketones is 1. The van der Waals surface area contributed by atoms with Gasteiger partial charge in [0.15, 0.2) is 0 Å². The van der Waals surface area contributed by atoms with Gasteiger partial charge in [-0.05, 0) is 12.8 Å². The first kappa shape index (κ1) is 10.4. The van der Waals surface area contributed by atoms with Crippen LogP contribution in [0.3, 0.4) is 0 Å². The van der Waals surface area contributed by atoms with Crippen molar-refractivity contribution in [2.45, 2.75) is 18.9 Å². The summed E-state index contributed by atoms with van der Waals surface area (Å²) in [5.74, 6) is 3.11. The molecule has 2 N–H and O–H groups in total. The Balaban J connectivity index is 0.000000720. The number of Topliss-reactive ketones (excluding diaryl/α,β-unsaturated/α-hetero) is 1. The zero-order chi connectivity index (χ0) is 7.84. The van der Waals surface area contributed by atoms with E-state index in [0.29, 0.717) is 23.7 Å². The minimum atomic E-state index is 0. The second-order valence-electron chi connectivity index (χ2n) is 3.57. The summed E-state index contributed by atoms with van der Waals surface area (Å²) in [5.41, 5.74) is 5.83. The van der Waals surface area contributed by atoms with Crippen LogP contribution in [0.5, 0.6) is 0 Å². The van der Waals surface area contributed by atoms with Crippen molar-refractivity contribution in [2.75, 3.05) is 11.5 Å². The molecule has 0 aromatic heterocycles. The van der Waals surface area contributed by atoms with Crippen molar-refractivity contribution in [2.24, 2.45) is 17.6 Å². The molecule has 2 bridgehead atoms. The van der Waals surface area contributed by atoms with E-state index in [0.717, 1.165) is 24.3 Å². The minimum absolute atomic E-state index is 0. The summed E-state index contributed by atoms with van der Waals surface area (Å²) in [7, 11) is 0. The average Bonchev–Trinajstić information content (AvgIpc) is 1.92. The van der Waals surface area contributed by atoms with Crippen LogP contribution in [0.2, 0.25) is 0 Å². The second kappa shape index (κ2) is 3.99. The highest BCUT2D eigenvalue weighted by Crippen LogP contribution is 2.34. The third kappa shape index (κ3) is 1.78. The SMILES string of the molecule is Cl.NC1CC2CSCC(C1)C2=O. The zero-order valence-electron chi connectivity index (χ0n) is 6.86. The van der Waals surface area contributed by atoms with Crippen molar-refractivity contribution < 1.29 is 4.79 Å². The Morgan fingerprint density at radius 3 is 2.25 bits per heavy atom. The maximum atomic E-state index is 11.5. The van der Waals surface area contributed by atoms with Gasteiger partial charge in [-0.3, -0.25) is 4.79 Å². The highest BCUT2D eigenvalue weighted by atomic mass is 35.5. The third-order valence-electron chi connectivity index (χ3n) is 2.62. The Bertz CT molecular complexity index is 172. The van der Waals surface area contributed by atoms with Gasteiger partial charge < -0.3 is 5.73 Å². The zero-order valence-corrected chi connectivity index (χ0v) is 8.50. The van der Waals surface area contributed by atoms with E-state index in [1.165, 1.54) is 0 Å². The van der Waals surface area contributed by atoms with Gasteiger partial charge in [0, 0.05) is 29.4 Å². The van der Waals surface area contributed by atoms with Crippen molar-refractivity contribution in [1.82, 2.24) is 0 Å². The van der Waals surface area contributed by atoms with Crippen molar-refractivity contribution >= 4 is 30.0 Å². The molecule has 2 fully saturated rings. The van der Waals surface area contributed by atoms with Crippen molar-refractivity contribution in [3.63, 3.8) is 0 Å². The summed E-state index contributed by atoms with van der Waals surface area (Å²) in [5, 5.41) is 0. The van der Waals surface area contributed by atoms with E-state index < -0.39 is 0 Å². The van der Waals surface area contributed by atoms with Crippen LogP contribution in [0.15, 0.2) is 0 Å². The predicted octanol–water partition coefficient (Wildman–Crippen LogP) is 1.08. The summed E-state index contributed by atoms with van der Waals surface area (Å²) in [6.07, 6.45) is 1.87. The quantitative estimate of drug-likeness (QED) is 0.647. The molecule has 70 valence electrons. The van der Waals surface area contributed by atoms with E-state index in [-0.39, 0.29) is 12.4 Å². The van der Waals surface area contributed by atoms with E-state index in [4.69, 9.17) is 5.73 Å². The number of carbonyl (C=O) groups is 1. The van der Waals surface area contributed by atoms with E-state index in [1.54, 1.807) is 0 Å². The van der Waals surface area contributed by atoms with Gasteiger partial charge >= 0.3 is 0 Å². The number of rotatable bonds is 0. The summed E-state index contributed by atoms with van der Waals surface area (Å²) in [6.45, 7) is 0. The maximum absolute atomic E-state index is 11.5. The molecule has 2 rings (SSSR count). The van der Waals surface area contributed by atoms with E-state index in [2.05, 4.69) is 0 Å². The number of thioether (sulfide) groups is 1. The van der Waals surface area contributed by atoms with E-state index >= 15 is 0 Å². The van der Waals surface area contributed by atoms with Crippen LogP contribution >= 0.6 is 24.2 Å². The number of nitrogens with two attached hydrogens (primary N) is 1. The Hall–Kier alpha value is 0.270. The van der Waals surface area contributed by atoms with E-state index in [1.807, 2.05) is 11.8 Å². The normalized spacial score (nSPS) is 40.4. The molecule has 4 heteroatoms. The van der Waals surface area contributed by atoms with Crippen LogP contribution in [-0.2, 0) is 4.79 Å². The lowest BCUT2D eigenvalue weighted by atomic mass is 9.79. The lowest BCUT2D eigenvalue weighted by Gasteiger charge is -2.35. The van der Waals surface area contributed by atoms with Gasteiger partial charge in [-0.15, -0.1) is 12.4 Å². The predicted molar refractivity (Wildman–Crippen MR) is 53.8 cm³/mol. The molecule has 1 saturated heterocycles. The first-order valence-electron chi connectivity index (χ1n) is 4.14. The lowest BCUT2D eigenvalue weighted by Crippen LogP contribution is -2.44. The molecule has 2 unspecified atom stereocenters. The molecular formula is C8H14ClNOS. The van der Waals surface area contributed by atoms with Crippen molar-refractivity contribution in [3.8, 4) is 0 Å². The van der Waals surface area contributed by atoms with Gasteiger partial charge in [0.2, 0.25) is 0 Å². The minimum Gasteiger partial charge on any atom is -0.328 e. The average molecular weight is 208 g/mol. The largest absolute Gasteiger partial charge is 0.328 e. The van der Waals surface area contributed by atoms with Crippen LogP contribution in [0.25, 0.3) is 0 Å². The highest BCUT2D eigenvalue weighted by Gasteiger charge is 2.37. The molecule has 0 radical (unpaired) electrons. The molecule has 1 saturated carbocycles. The van der Waals surface area contributed by atoms with Crippen molar-refractivity contribution in [1.29, 1.82) is 0 Å². The summed E-state index contributed by atoms with van der Waals surface area (Å²) in [4.78, 5) is 11.5. The number of fused-ring (bicyclic) bond motifs is 2. The number of hydrogen-bond acceptors (Lipinski definition) is 3. The standard InChI is InChI=1S/C8H13NOS.ClH/c9-7-1-5-3-11-4-6(2-7)8(5)10;/h5-7H,1-4,9H2;1H. The van der Waals surface area contributed by atoms with Gasteiger partial charge in [0.1, 0.15) is 5.78 Å². The summed E-state index contributed by atoms with van der Waals surface area (Å²) >= 11 is 1.92. The Morgan fingerprint density at radius 1 is 1.25 bits per heavy atom. The van der Waals surface area contributed by atoms with Gasteiger partial charge in [-0.1, -0.05) is 0 Å². The topological polar surface area (TPSA) is 43.1 Å². The smallest absolute Gasteiger partial charge is 0.140 e. The molecule has 0 amide bonds. The molecule has 2 nitrogen and oxygen atoms in total. The fourth-order valence-corrected chi connectivity index (χ4v) is 3.35. The first-order valence-corrected chi connectivity index (χ1v) is 5.30. The van der Waals surface area contributed by atoms with Gasteiger partial charge in [0.25, 0.3) is 0 Å². The summed E-state index contributed by atoms with van der Waals surface area (Å²) in [6, 6.07) is 0.295. The molecule has 0 spiro atoms. The maximum Gasteiger partial charge on any atom is 0.140 e. The molecule has 2 atom stereocenters. The highest BCUT2D eigenvalue weighted by molar-refractivity contribution is 7.99. The van der Waals surface area contributed by atoms with Crippen LogP contribution in [0.1, 0.15) is 12.8 Å². The first-order chi connectivity index (χ1) is 5.27. The van der Waals surface area contributed by atoms with E-state index in [9.17, 15) is 4.79 Å². The van der Waals surface area contributed by atoms with Crippen LogP contribution in [0, 0.1) is 11.8 Å². The van der Waals surface area contributed by atoms with Gasteiger partial charge in [0.05, 0.1) is 0 Å². The van der Waals surface area contributed by atoms with Gasteiger partial charge in [-0.25, -0.2) is 0 Å². The number of hydrogen-bond donors (Lipinski definition) is 1. The Morgan fingerprint density at radius 2 is 1.75 bits per heavy atom. The molecule has 1 aliphatic heterocycles. The molecular weight excluding hydrogens is 194 g/mol. The fraction of sp³-hybridized carbons (Fsp3) is 0.875. The van der Waals surface area contributed by atoms with Crippen LogP contribution < -0.4 is 5.73 Å². The second-order valence-corrected chi connectivity index (χ2v) is 4.64. The summed E-state index contributed by atoms with van der Waals surface area (Å²) < 4.78 is 0. The van der Waals surface area contributed by atoms with Crippen LogP contribution in [0.4, 0.5) is 0 Å². The molecule has 2 aliphatic rings. The molecule has 1 heterocycles. The number of carbonyl (C=O) groups excluding carboxylic acids is 1. The molecule has 12 heavy (non-hydrogen) atoms.